The van der Waals surface area contributed by atoms with E-state index in [2.05, 4.69) is 0 Å². The van der Waals surface area contributed by atoms with E-state index in [1.165, 1.54) is 6.07 Å². The van der Waals surface area contributed by atoms with Crippen molar-refractivity contribution in [1.29, 1.82) is 0 Å². The molecule has 0 heterocycles. The molecule has 0 unspecified atom stereocenters. The van der Waals surface area contributed by atoms with Gasteiger partial charge in [-0.3, -0.25) is 0 Å². The number of hydrogen-bond donors (Lipinski definition) is 1. The third kappa shape index (κ3) is 2.97. The van der Waals surface area contributed by atoms with Crippen LogP contribution in [0.2, 0.25) is 0 Å². The van der Waals surface area contributed by atoms with E-state index in [-0.39, 0.29) is 11.5 Å². The van der Waals surface area contributed by atoms with Gasteiger partial charge in [0.05, 0.1) is 9.83 Å². The normalized spacial score (nSPS) is 11.5. The molecule has 0 saturated heterocycles. The van der Waals surface area contributed by atoms with Crippen LogP contribution in [0, 0.1) is 17.4 Å². The third-order valence-electron chi connectivity index (χ3n) is 1.94. The summed E-state index contributed by atoms with van der Waals surface area (Å²) >= 11 is 1.95. The van der Waals surface area contributed by atoms with Crippen LogP contribution in [0.25, 0.3) is 0 Å². The Kier molecular flexibility index (Phi) is 3.49. The molecule has 0 aliphatic rings. The molecule has 0 aliphatic heterocycles. The average molecular weight is 342 g/mol. The third-order valence-corrected chi connectivity index (χ3v) is 3.71. The van der Waals surface area contributed by atoms with Crippen molar-refractivity contribution in [3.05, 3.63) is 20.8 Å². The lowest BCUT2D eigenvalue weighted by molar-refractivity contribution is 0.428. The molecule has 0 atom stereocenters. The first-order chi connectivity index (χ1) is 6.72. The Morgan fingerprint density at radius 3 is 2.40 bits per heavy atom. The summed E-state index contributed by atoms with van der Waals surface area (Å²) in [5, 5.41) is 9.57. The first-order valence-electron chi connectivity index (χ1n) is 4.10. The lowest BCUT2D eigenvalue weighted by Crippen LogP contribution is -2.08. The molecule has 4 nitrogen and oxygen atoms in total. The summed E-state index contributed by atoms with van der Waals surface area (Å²) in [6.45, 7) is 3.67. The van der Waals surface area contributed by atoms with E-state index < -0.39 is 10.1 Å². The van der Waals surface area contributed by atoms with E-state index in [4.69, 9.17) is 4.18 Å². The maximum absolute atomic E-state index is 11.0. The van der Waals surface area contributed by atoms with Crippen molar-refractivity contribution >= 4 is 32.7 Å². The second-order valence-electron chi connectivity index (χ2n) is 3.27. The molecular weight excluding hydrogens is 331 g/mol. The van der Waals surface area contributed by atoms with Crippen molar-refractivity contribution < 1.29 is 17.7 Å². The summed E-state index contributed by atoms with van der Waals surface area (Å²) < 4.78 is 27.3. The first-order valence-corrected chi connectivity index (χ1v) is 7.00. The fraction of sp³-hybridized carbons (Fsp3) is 0.333. The topological polar surface area (TPSA) is 63.6 Å². The molecule has 84 valence electrons. The molecule has 0 aromatic heterocycles. The van der Waals surface area contributed by atoms with Crippen LogP contribution in [0.4, 0.5) is 0 Å². The summed E-state index contributed by atoms with van der Waals surface area (Å²) in [5.74, 6) is -0.158. The van der Waals surface area contributed by atoms with Crippen molar-refractivity contribution in [3.63, 3.8) is 0 Å². The second-order valence-corrected chi connectivity index (χ2v) is 5.92. The van der Waals surface area contributed by atoms with Gasteiger partial charge in [0.1, 0.15) is 0 Å². The van der Waals surface area contributed by atoms with E-state index >= 15 is 0 Å². The van der Waals surface area contributed by atoms with Gasteiger partial charge in [-0.05, 0) is 53.6 Å². The molecule has 15 heavy (non-hydrogen) atoms. The van der Waals surface area contributed by atoms with Gasteiger partial charge in [-0.1, -0.05) is 0 Å². The van der Waals surface area contributed by atoms with Gasteiger partial charge in [0.25, 0.3) is 0 Å². The standard InChI is InChI=1S/C9H11IO4S/c1-5-4-7(11)9(8(10)6(5)2)14-15(3,12)13/h4,11H,1-3H3. The van der Waals surface area contributed by atoms with E-state index in [0.29, 0.717) is 3.57 Å². The predicted molar refractivity (Wildman–Crippen MR) is 65.8 cm³/mol. The van der Waals surface area contributed by atoms with Gasteiger partial charge in [0.15, 0.2) is 11.5 Å². The predicted octanol–water partition coefficient (Wildman–Crippen LogP) is 1.95. The van der Waals surface area contributed by atoms with Crippen LogP contribution in [-0.2, 0) is 10.1 Å². The zero-order chi connectivity index (χ0) is 11.8. The number of phenolic OH excluding ortho intramolecular Hbond substituents is 1. The highest BCUT2D eigenvalue weighted by Gasteiger charge is 2.16. The number of phenols is 1. The van der Waals surface area contributed by atoms with Crippen molar-refractivity contribution in [2.75, 3.05) is 6.26 Å². The highest BCUT2D eigenvalue weighted by atomic mass is 127. The SMILES string of the molecule is Cc1cc(O)c(OS(C)(=O)=O)c(I)c1C. The summed E-state index contributed by atoms with van der Waals surface area (Å²) in [6.07, 6.45) is 0.942. The monoisotopic (exact) mass is 342 g/mol. The quantitative estimate of drug-likeness (QED) is 0.659. The molecule has 1 rings (SSSR count). The Morgan fingerprint density at radius 1 is 1.40 bits per heavy atom. The maximum Gasteiger partial charge on any atom is 0.306 e. The van der Waals surface area contributed by atoms with Gasteiger partial charge in [-0.2, -0.15) is 8.42 Å². The smallest absolute Gasteiger partial charge is 0.306 e. The van der Waals surface area contributed by atoms with Gasteiger partial charge in [0.2, 0.25) is 0 Å². The number of hydrogen-bond acceptors (Lipinski definition) is 4. The second kappa shape index (κ2) is 4.17. The van der Waals surface area contributed by atoms with E-state index in [9.17, 15) is 13.5 Å². The number of benzene rings is 1. The molecule has 1 aromatic rings. The number of rotatable bonds is 2. The van der Waals surface area contributed by atoms with Crippen molar-refractivity contribution in [1.82, 2.24) is 0 Å². The van der Waals surface area contributed by atoms with Crippen LogP contribution >= 0.6 is 22.6 Å². The molecule has 0 radical (unpaired) electrons. The highest BCUT2D eigenvalue weighted by molar-refractivity contribution is 14.1. The van der Waals surface area contributed by atoms with Gasteiger partial charge in [0, 0.05) is 0 Å². The van der Waals surface area contributed by atoms with E-state index in [1.54, 1.807) is 0 Å². The van der Waals surface area contributed by atoms with Crippen molar-refractivity contribution in [2.24, 2.45) is 0 Å². The number of aromatic hydroxyl groups is 1. The molecule has 0 bridgehead atoms. The largest absolute Gasteiger partial charge is 0.504 e. The lowest BCUT2D eigenvalue weighted by Gasteiger charge is -2.11. The van der Waals surface area contributed by atoms with Gasteiger partial charge in [-0.25, -0.2) is 0 Å². The Bertz CT molecular complexity index is 493. The fourth-order valence-electron chi connectivity index (χ4n) is 1.07. The minimum absolute atomic E-state index is 0.00111. The van der Waals surface area contributed by atoms with Crippen molar-refractivity contribution in [2.45, 2.75) is 13.8 Å². The Hall–Kier alpha value is -0.500. The first kappa shape index (κ1) is 12.6. The zero-order valence-electron chi connectivity index (χ0n) is 8.54. The summed E-state index contributed by atoms with van der Waals surface area (Å²) in [6, 6.07) is 1.48. The Labute approximate surface area is 103 Å². The summed E-state index contributed by atoms with van der Waals surface area (Å²) in [5.41, 5.74) is 1.78. The van der Waals surface area contributed by atoms with Crippen LogP contribution in [0.3, 0.4) is 0 Å². The van der Waals surface area contributed by atoms with E-state index in [1.807, 2.05) is 36.4 Å². The molecule has 0 amide bonds. The molecule has 6 heteroatoms. The molecular formula is C9H11IO4S. The maximum atomic E-state index is 11.0. The highest BCUT2D eigenvalue weighted by Crippen LogP contribution is 2.36. The van der Waals surface area contributed by atoms with Crippen LogP contribution < -0.4 is 4.18 Å². The van der Waals surface area contributed by atoms with Crippen LogP contribution in [0.15, 0.2) is 6.07 Å². The van der Waals surface area contributed by atoms with Crippen LogP contribution in [0.5, 0.6) is 11.5 Å². The lowest BCUT2D eigenvalue weighted by atomic mass is 10.1. The van der Waals surface area contributed by atoms with E-state index in [0.717, 1.165) is 17.4 Å². The Morgan fingerprint density at radius 2 is 1.93 bits per heavy atom. The average Bonchev–Trinajstić information content (AvgIpc) is 2.07. The molecule has 0 fully saturated rings. The van der Waals surface area contributed by atoms with Gasteiger partial charge >= 0.3 is 10.1 Å². The number of halogens is 1. The van der Waals surface area contributed by atoms with Crippen LogP contribution in [0.1, 0.15) is 11.1 Å². The van der Waals surface area contributed by atoms with Crippen molar-refractivity contribution in [3.8, 4) is 11.5 Å². The van der Waals surface area contributed by atoms with Crippen LogP contribution in [-0.4, -0.2) is 19.8 Å². The number of aryl methyl sites for hydroxylation is 1. The summed E-state index contributed by atoms with van der Waals surface area (Å²) in [7, 11) is -3.62. The van der Waals surface area contributed by atoms with Gasteiger partial charge in [-0.15, -0.1) is 0 Å². The minimum atomic E-state index is -3.62. The minimum Gasteiger partial charge on any atom is -0.504 e. The molecule has 1 aromatic carbocycles. The molecule has 0 spiro atoms. The molecule has 1 N–H and O–H groups in total. The molecule has 0 saturated carbocycles. The fourth-order valence-corrected chi connectivity index (χ4v) is 2.50. The molecule has 0 aliphatic carbocycles. The Balaban J connectivity index is 3.37. The summed E-state index contributed by atoms with van der Waals surface area (Å²) in [4.78, 5) is 0. The van der Waals surface area contributed by atoms with Gasteiger partial charge < -0.3 is 9.29 Å². The zero-order valence-corrected chi connectivity index (χ0v) is 11.5.